The summed E-state index contributed by atoms with van der Waals surface area (Å²) in [6, 6.07) is 44.7. The molecule has 4 nitrogen and oxygen atoms in total. The molecule has 5 heteroatoms. The lowest BCUT2D eigenvalue weighted by atomic mass is 9.99. The molecule has 6 aromatic carbocycles. The Morgan fingerprint density at radius 2 is 1.26 bits per heavy atom. The molecule has 10 aromatic rings. The Morgan fingerprint density at radius 1 is 0.512 bits per heavy atom. The minimum atomic E-state index is 0.585. The van der Waals surface area contributed by atoms with E-state index in [1.54, 1.807) is 0 Å². The lowest BCUT2D eigenvalue weighted by Gasteiger charge is -2.11. The van der Waals surface area contributed by atoms with Gasteiger partial charge < -0.3 is 4.42 Å². The van der Waals surface area contributed by atoms with Crippen molar-refractivity contribution >= 4 is 86.2 Å². The van der Waals surface area contributed by atoms with Gasteiger partial charge in [-0.3, -0.25) is 4.57 Å². The van der Waals surface area contributed by atoms with Crippen LogP contribution in [-0.2, 0) is 0 Å². The zero-order valence-corrected chi connectivity index (χ0v) is 23.6. The van der Waals surface area contributed by atoms with Crippen molar-refractivity contribution < 1.29 is 4.42 Å². The van der Waals surface area contributed by atoms with Crippen LogP contribution in [0, 0.1) is 0 Å². The van der Waals surface area contributed by atoms with E-state index < -0.39 is 0 Å². The summed E-state index contributed by atoms with van der Waals surface area (Å²) in [5.41, 5.74) is 5.47. The average molecular weight is 568 g/mol. The van der Waals surface area contributed by atoms with Gasteiger partial charge in [0.15, 0.2) is 0 Å². The largest absolute Gasteiger partial charge is 0.437 e. The zero-order chi connectivity index (χ0) is 28.1. The van der Waals surface area contributed by atoms with Crippen molar-refractivity contribution in [3.05, 3.63) is 127 Å². The maximum Gasteiger partial charge on any atom is 0.238 e. The monoisotopic (exact) mass is 567 g/mol. The molecule has 0 amide bonds. The summed E-state index contributed by atoms with van der Waals surface area (Å²) in [6.45, 7) is 0. The van der Waals surface area contributed by atoms with Gasteiger partial charge in [-0.05, 0) is 41.1 Å². The van der Waals surface area contributed by atoms with Gasteiger partial charge in [-0.2, -0.15) is 4.98 Å². The van der Waals surface area contributed by atoms with E-state index in [-0.39, 0.29) is 0 Å². The normalized spacial score (nSPS) is 12.2. The van der Waals surface area contributed by atoms with E-state index in [1.807, 2.05) is 29.5 Å². The summed E-state index contributed by atoms with van der Waals surface area (Å²) in [5.74, 6) is 0.597. The molecule has 0 aliphatic carbocycles. The third-order valence-corrected chi connectivity index (χ3v) is 9.78. The highest BCUT2D eigenvalue weighted by molar-refractivity contribution is 7.26. The number of hydrogen-bond donors (Lipinski definition) is 0. The fourth-order valence-electron chi connectivity index (χ4n) is 6.83. The molecule has 0 radical (unpaired) electrons. The number of aromatic nitrogens is 3. The second-order valence-corrected chi connectivity index (χ2v) is 12.0. The smallest absolute Gasteiger partial charge is 0.238 e. The Kier molecular flexibility index (Phi) is 4.57. The standard InChI is InChI=1S/C38H21N3OS/c1-2-12-23-22(10-1)11-9-16-24(23)36-35-26-14-4-7-18-30(26)42-37(35)40-38(39-36)41-28-17-6-3-13-25(28)33-29(41)20-21-32-34(33)27-15-5-8-19-31(27)43-32/h1-21H. The summed E-state index contributed by atoms with van der Waals surface area (Å²) in [7, 11) is 0. The lowest BCUT2D eigenvalue weighted by molar-refractivity contribution is 0.651. The highest BCUT2D eigenvalue weighted by Gasteiger charge is 2.23. The number of hydrogen-bond acceptors (Lipinski definition) is 4. The average Bonchev–Trinajstić information content (AvgIpc) is 3.73. The first-order chi connectivity index (χ1) is 21.3. The zero-order valence-electron chi connectivity index (χ0n) is 22.8. The second kappa shape index (κ2) is 8.51. The van der Waals surface area contributed by atoms with Crippen LogP contribution in [0.1, 0.15) is 0 Å². The number of benzene rings is 6. The molecule has 0 fully saturated rings. The molecule has 0 atom stereocenters. The number of fused-ring (bicyclic) bond motifs is 11. The number of thiophene rings is 1. The van der Waals surface area contributed by atoms with Crippen LogP contribution in [0.2, 0.25) is 0 Å². The van der Waals surface area contributed by atoms with Gasteiger partial charge in [0.25, 0.3) is 0 Å². The third kappa shape index (κ3) is 3.14. The van der Waals surface area contributed by atoms with Crippen molar-refractivity contribution in [1.82, 2.24) is 14.5 Å². The third-order valence-electron chi connectivity index (χ3n) is 8.65. The number of furan rings is 1. The highest BCUT2D eigenvalue weighted by Crippen LogP contribution is 2.44. The van der Waals surface area contributed by atoms with Crippen LogP contribution in [0.4, 0.5) is 0 Å². The first-order valence-electron chi connectivity index (χ1n) is 14.3. The molecule has 0 aliphatic rings. The van der Waals surface area contributed by atoms with Crippen molar-refractivity contribution in [2.45, 2.75) is 0 Å². The number of nitrogens with zero attached hydrogens (tertiary/aromatic N) is 3. The predicted molar refractivity (Wildman–Crippen MR) is 179 cm³/mol. The van der Waals surface area contributed by atoms with Gasteiger partial charge in [0.2, 0.25) is 11.7 Å². The van der Waals surface area contributed by atoms with Crippen LogP contribution in [0.5, 0.6) is 0 Å². The van der Waals surface area contributed by atoms with Crippen LogP contribution in [0.15, 0.2) is 132 Å². The molecule has 0 bridgehead atoms. The molecule has 0 saturated carbocycles. The quantitative estimate of drug-likeness (QED) is 0.209. The topological polar surface area (TPSA) is 43.9 Å². The van der Waals surface area contributed by atoms with Gasteiger partial charge in [-0.15, -0.1) is 11.3 Å². The van der Waals surface area contributed by atoms with Gasteiger partial charge in [0.1, 0.15) is 5.58 Å². The van der Waals surface area contributed by atoms with Gasteiger partial charge in [0.05, 0.1) is 22.1 Å². The predicted octanol–water partition coefficient (Wildman–Crippen LogP) is 10.7. The maximum atomic E-state index is 6.44. The summed E-state index contributed by atoms with van der Waals surface area (Å²) in [4.78, 5) is 10.6. The molecular formula is C38H21N3OS. The van der Waals surface area contributed by atoms with Crippen molar-refractivity contribution in [3.63, 3.8) is 0 Å². The van der Waals surface area contributed by atoms with Crippen molar-refractivity contribution in [3.8, 4) is 17.2 Å². The molecule has 4 heterocycles. The van der Waals surface area contributed by atoms with Crippen LogP contribution < -0.4 is 0 Å². The Balaban J connectivity index is 1.38. The molecule has 0 spiro atoms. The van der Waals surface area contributed by atoms with Crippen LogP contribution in [0.25, 0.3) is 92.0 Å². The van der Waals surface area contributed by atoms with Gasteiger partial charge in [-0.1, -0.05) is 97.1 Å². The Hall–Kier alpha value is -5.52. The molecule has 10 rings (SSSR count). The second-order valence-electron chi connectivity index (χ2n) is 11.0. The highest BCUT2D eigenvalue weighted by atomic mass is 32.1. The minimum Gasteiger partial charge on any atom is -0.437 e. The first-order valence-corrected chi connectivity index (χ1v) is 15.2. The van der Waals surface area contributed by atoms with E-state index in [2.05, 4.69) is 114 Å². The van der Waals surface area contributed by atoms with E-state index in [0.29, 0.717) is 11.7 Å². The molecule has 200 valence electrons. The maximum absolute atomic E-state index is 6.44. The van der Waals surface area contributed by atoms with Gasteiger partial charge >= 0.3 is 0 Å². The fraction of sp³-hybridized carbons (Fsp3) is 0. The molecule has 0 N–H and O–H groups in total. The van der Waals surface area contributed by atoms with Gasteiger partial charge in [0, 0.05) is 41.9 Å². The molecule has 43 heavy (non-hydrogen) atoms. The van der Waals surface area contributed by atoms with Crippen LogP contribution >= 0.6 is 11.3 Å². The Bertz CT molecular complexity index is 2740. The van der Waals surface area contributed by atoms with E-state index in [0.717, 1.165) is 44.0 Å². The van der Waals surface area contributed by atoms with Crippen LogP contribution in [-0.4, -0.2) is 14.5 Å². The molecule has 0 unspecified atom stereocenters. The fourth-order valence-corrected chi connectivity index (χ4v) is 7.94. The van der Waals surface area contributed by atoms with Crippen molar-refractivity contribution in [2.24, 2.45) is 0 Å². The first kappa shape index (κ1) is 23.1. The van der Waals surface area contributed by atoms with E-state index >= 15 is 0 Å². The van der Waals surface area contributed by atoms with E-state index in [9.17, 15) is 0 Å². The Labute approximate surface area is 249 Å². The molecule has 4 aromatic heterocycles. The summed E-state index contributed by atoms with van der Waals surface area (Å²) in [5, 5.41) is 9.24. The van der Waals surface area contributed by atoms with Gasteiger partial charge in [-0.25, -0.2) is 4.98 Å². The molecule has 0 aliphatic heterocycles. The summed E-state index contributed by atoms with van der Waals surface area (Å²) < 4.78 is 11.2. The van der Waals surface area contributed by atoms with E-state index in [1.165, 1.54) is 36.3 Å². The lowest BCUT2D eigenvalue weighted by Crippen LogP contribution is -2.03. The molecular weight excluding hydrogens is 547 g/mol. The van der Waals surface area contributed by atoms with Crippen molar-refractivity contribution in [2.75, 3.05) is 0 Å². The minimum absolute atomic E-state index is 0.585. The summed E-state index contributed by atoms with van der Waals surface area (Å²) >= 11 is 1.84. The number of para-hydroxylation sites is 2. The van der Waals surface area contributed by atoms with E-state index in [4.69, 9.17) is 14.4 Å². The van der Waals surface area contributed by atoms with Crippen LogP contribution in [0.3, 0.4) is 0 Å². The SMILES string of the molecule is c1ccc2c(-c3nc(-n4c5ccccc5c5c6c(ccc54)sc4ccccc46)nc4oc5ccccc5c34)cccc2c1. The van der Waals surface area contributed by atoms with Crippen molar-refractivity contribution in [1.29, 1.82) is 0 Å². The summed E-state index contributed by atoms with van der Waals surface area (Å²) in [6.07, 6.45) is 0. The molecule has 0 saturated heterocycles. The Morgan fingerprint density at radius 3 is 2.19 bits per heavy atom. The number of rotatable bonds is 2.